The van der Waals surface area contributed by atoms with Crippen molar-refractivity contribution in [1.29, 1.82) is 0 Å². The number of nitrogens with one attached hydrogen (secondary N) is 1. The van der Waals surface area contributed by atoms with Gasteiger partial charge in [0.1, 0.15) is 18.8 Å². The molecule has 3 N–H and O–H groups in total. The molecule has 0 spiro atoms. The number of primary amides is 1. The molecular weight excluding hydrogens is 290 g/mol. The van der Waals surface area contributed by atoms with E-state index in [0.717, 1.165) is 0 Å². The summed E-state index contributed by atoms with van der Waals surface area (Å²) in [5.74, 6) is -0.169. The number of hydrogen-bond acceptors (Lipinski definition) is 6. The van der Waals surface area contributed by atoms with Crippen LogP contribution in [0.1, 0.15) is 10.4 Å². The van der Waals surface area contributed by atoms with E-state index in [1.165, 1.54) is 6.20 Å². The van der Waals surface area contributed by atoms with E-state index in [-0.39, 0.29) is 5.56 Å². The number of carbonyl (C=O) groups is 2. The highest BCUT2D eigenvalue weighted by atomic mass is 16.6. The minimum atomic E-state index is -0.724. The molecule has 0 radical (unpaired) electrons. The molecule has 8 nitrogen and oxygen atoms in total. The summed E-state index contributed by atoms with van der Waals surface area (Å²) in [6.45, 7) is 0.485. The van der Waals surface area contributed by atoms with E-state index >= 15 is 0 Å². The molecule has 0 atom stereocenters. The first-order chi connectivity index (χ1) is 10.6. The summed E-state index contributed by atoms with van der Waals surface area (Å²) in [5.41, 5.74) is 6.31. The average molecular weight is 303 g/mol. The summed E-state index contributed by atoms with van der Waals surface area (Å²) in [7, 11) is 0. The van der Waals surface area contributed by atoms with Gasteiger partial charge in [-0.3, -0.25) is 9.89 Å². The van der Waals surface area contributed by atoms with Crippen molar-refractivity contribution < 1.29 is 23.8 Å². The monoisotopic (exact) mass is 303 g/mol. The average Bonchev–Trinajstić information content (AvgIpc) is 3.01. The van der Waals surface area contributed by atoms with Crippen LogP contribution in [0.2, 0.25) is 0 Å². The number of hydrogen-bond donors (Lipinski definition) is 2. The largest absolute Gasteiger partial charge is 0.486 e. The SMILES string of the molecule is NC(=O)COC(=O)c1cn[nH]c1-c1ccc2c(c1)OCCO2. The van der Waals surface area contributed by atoms with Crippen LogP contribution in [0.5, 0.6) is 11.5 Å². The van der Waals surface area contributed by atoms with Crippen molar-refractivity contribution in [3.8, 4) is 22.8 Å². The minimum Gasteiger partial charge on any atom is -0.486 e. The standard InChI is InChI=1S/C14H13N3O5/c15-12(18)7-22-14(19)9-6-16-17-13(9)8-1-2-10-11(5-8)21-4-3-20-10/h1-2,5-6H,3-4,7H2,(H2,15,18)(H,16,17). The first-order valence-electron chi connectivity index (χ1n) is 6.54. The van der Waals surface area contributed by atoms with E-state index in [1.54, 1.807) is 18.2 Å². The van der Waals surface area contributed by atoms with Crippen LogP contribution < -0.4 is 15.2 Å². The highest BCUT2D eigenvalue weighted by Gasteiger charge is 2.19. The Morgan fingerprint density at radius 3 is 2.82 bits per heavy atom. The van der Waals surface area contributed by atoms with Gasteiger partial charge in [0.05, 0.1) is 11.9 Å². The van der Waals surface area contributed by atoms with E-state index in [4.69, 9.17) is 19.9 Å². The smallest absolute Gasteiger partial charge is 0.342 e. The number of nitrogens with two attached hydrogens (primary N) is 1. The molecule has 0 unspecified atom stereocenters. The van der Waals surface area contributed by atoms with Crippen LogP contribution in [0.4, 0.5) is 0 Å². The number of carbonyl (C=O) groups excluding carboxylic acids is 2. The molecule has 2 aromatic rings. The van der Waals surface area contributed by atoms with Gasteiger partial charge >= 0.3 is 5.97 Å². The first kappa shape index (κ1) is 13.9. The Hall–Kier alpha value is -3.03. The number of aromatic nitrogens is 2. The van der Waals surface area contributed by atoms with E-state index < -0.39 is 18.5 Å². The normalized spacial score (nSPS) is 12.7. The number of nitrogens with zero attached hydrogens (tertiary/aromatic N) is 1. The molecule has 1 aliphatic heterocycles. The lowest BCUT2D eigenvalue weighted by Gasteiger charge is -2.18. The molecule has 8 heteroatoms. The van der Waals surface area contributed by atoms with E-state index in [2.05, 4.69) is 10.2 Å². The lowest BCUT2D eigenvalue weighted by atomic mass is 10.1. The van der Waals surface area contributed by atoms with Gasteiger partial charge in [0.15, 0.2) is 18.1 Å². The zero-order chi connectivity index (χ0) is 15.5. The van der Waals surface area contributed by atoms with Crippen molar-refractivity contribution in [2.24, 2.45) is 5.73 Å². The highest BCUT2D eigenvalue weighted by molar-refractivity contribution is 5.97. The third kappa shape index (κ3) is 2.71. The van der Waals surface area contributed by atoms with Crippen LogP contribution in [-0.2, 0) is 9.53 Å². The molecule has 1 amide bonds. The molecule has 0 fully saturated rings. The summed E-state index contributed by atoms with van der Waals surface area (Å²) >= 11 is 0. The third-order valence-corrected chi connectivity index (χ3v) is 3.04. The summed E-state index contributed by atoms with van der Waals surface area (Å²) in [4.78, 5) is 22.6. The van der Waals surface area contributed by atoms with Gasteiger partial charge in [-0.1, -0.05) is 0 Å². The number of esters is 1. The first-order valence-corrected chi connectivity index (χ1v) is 6.54. The quantitative estimate of drug-likeness (QED) is 0.794. The Morgan fingerprint density at radius 2 is 2.05 bits per heavy atom. The fourth-order valence-corrected chi connectivity index (χ4v) is 2.07. The van der Waals surface area contributed by atoms with Crippen molar-refractivity contribution in [3.63, 3.8) is 0 Å². The Bertz CT molecular complexity index is 725. The predicted molar refractivity (Wildman–Crippen MR) is 74.5 cm³/mol. The van der Waals surface area contributed by atoms with Gasteiger partial charge in [-0.25, -0.2) is 4.79 Å². The fraction of sp³-hybridized carbons (Fsp3) is 0.214. The van der Waals surface area contributed by atoms with Crippen LogP contribution in [0.25, 0.3) is 11.3 Å². The summed E-state index contributed by atoms with van der Waals surface area (Å²) in [6.07, 6.45) is 1.33. The van der Waals surface area contributed by atoms with Crippen molar-refractivity contribution >= 4 is 11.9 Å². The van der Waals surface area contributed by atoms with Crippen LogP contribution in [0.15, 0.2) is 24.4 Å². The summed E-state index contributed by atoms with van der Waals surface area (Å²) < 4.78 is 15.7. The second-order valence-electron chi connectivity index (χ2n) is 4.56. The number of amides is 1. The summed E-state index contributed by atoms with van der Waals surface area (Å²) in [5, 5.41) is 6.58. The summed E-state index contributed by atoms with van der Waals surface area (Å²) in [6, 6.07) is 5.27. The van der Waals surface area contributed by atoms with Crippen molar-refractivity contribution in [2.75, 3.05) is 19.8 Å². The molecule has 1 aliphatic rings. The van der Waals surface area contributed by atoms with Gasteiger partial charge in [0.2, 0.25) is 0 Å². The molecule has 0 saturated heterocycles. The van der Waals surface area contributed by atoms with Crippen molar-refractivity contribution in [2.45, 2.75) is 0 Å². The van der Waals surface area contributed by atoms with Crippen LogP contribution in [-0.4, -0.2) is 41.9 Å². The van der Waals surface area contributed by atoms with Crippen molar-refractivity contribution in [1.82, 2.24) is 10.2 Å². The zero-order valence-corrected chi connectivity index (χ0v) is 11.5. The lowest BCUT2D eigenvalue weighted by Crippen LogP contribution is -2.21. The Morgan fingerprint density at radius 1 is 1.27 bits per heavy atom. The molecular formula is C14H13N3O5. The number of benzene rings is 1. The number of aromatic amines is 1. The molecule has 0 bridgehead atoms. The molecule has 1 aromatic heterocycles. The number of fused-ring (bicyclic) bond motifs is 1. The predicted octanol–water partition coefficient (Wildman–Crippen LogP) is 0.490. The molecule has 3 rings (SSSR count). The maximum absolute atomic E-state index is 11.9. The second kappa shape index (κ2) is 5.76. The number of H-pyrrole nitrogens is 1. The second-order valence-corrected chi connectivity index (χ2v) is 4.56. The minimum absolute atomic E-state index is 0.206. The van der Waals surface area contributed by atoms with E-state index in [9.17, 15) is 9.59 Å². The van der Waals surface area contributed by atoms with Gasteiger partial charge in [-0.05, 0) is 18.2 Å². The maximum Gasteiger partial charge on any atom is 0.342 e. The topological polar surface area (TPSA) is 117 Å². The number of ether oxygens (including phenoxy) is 3. The highest BCUT2D eigenvalue weighted by Crippen LogP contribution is 2.34. The molecule has 0 saturated carbocycles. The number of rotatable bonds is 4. The molecule has 114 valence electrons. The van der Waals surface area contributed by atoms with Gasteiger partial charge in [0.25, 0.3) is 5.91 Å². The zero-order valence-electron chi connectivity index (χ0n) is 11.5. The molecule has 0 aliphatic carbocycles. The Kier molecular flexibility index (Phi) is 3.65. The molecule has 1 aromatic carbocycles. The lowest BCUT2D eigenvalue weighted by molar-refractivity contribution is -0.121. The van der Waals surface area contributed by atoms with Gasteiger partial charge in [-0.2, -0.15) is 5.10 Å². The van der Waals surface area contributed by atoms with E-state index in [0.29, 0.717) is 36.0 Å². The van der Waals surface area contributed by atoms with Crippen LogP contribution >= 0.6 is 0 Å². The van der Waals surface area contributed by atoms with Gasteiger partial charge < -0.3 is 19.9 Å². The van der Waals surface area contributed by atoms with Crippen LogP contribution in [0.3, 0.4) is 0 Å². The van der Waals surface area contributed by atoms with Gasteiger partial charge in [-0.15, -0.1) is 0 Å². The Balaban J connectivity index is 1.88. The van der Waals surface area contributed by atoms with Gasteiger partial charge in [0, 0.05) is 5.56 Å². The maximum atomic E-state index is 11.9. The third-order valence-electron chi connectivity index (χ3n) is 3.04. The van der Waals surface area contributed by atoms with Crippen LogP contribution in [0, 0.1) is 0 Å². The Labute approximate surface area is 125 Å². The van der Waals surface area contributed by atoms with Crippen molar-refractivity contribution in [3.05, 3.63) is 30.0 Å². The fourth-order valence-electron chi connectivity index (χ4n) is 2.07. The molecule has 22 heavy (non-hydrogen) atoms. The van der Waals surface area contributed by atoms with E-state index in [1.807, 2.05) is 0 Å². The molecule has 2 heterocycles.